The molecular formula is C11H21F2N. The first-order chi connectivity index (χ1) is 6.59. The third-order valence-electron chi connectivity index (χ3n) is 3.06. The van der Waals surface area contributed by atoms with Crippen LogP contribution in [0.1, 0.15) is 46.0 Å². The van der Waals surface area contributed by atoms with Crippen LogP contribution in [0.4, 0.5) is 8.78 Å². The van der Waals surface area contributed by atoms with Crippen LogP contribution in [0.2, 0.25) is 0 Å². The highest BCUT2D eigenvalue weighted by atomic mass is 19.3. The minimum atomic E-state index is -2.46. The van der Waals surface area contributed by atoms with E-state index >= 15 is 0 Å². The summed E-state index contributed by atoms with van der Waals surface area (Å²) in [6.45, 7) is 5.66. The van der Waals surface area contributed by atoms with Crippen LogP contribution in [0.3, 0.4) is 0 Å². The largest absolute Gasteiger partial charge is 0.300 e. The summed E-state index contributed by atoms with van der Waals surface area (Å²) in [6, 6.07) is 0.130. The normalized spacial score (nSPS) is 24.4. The average Bonchev–Trinajstić information content (AvgIpc) is 2.53. The molecule has 1 aliphatic rings. The van der Waals surface area contributed by atoms with Crippen LogP contribution in [0.15, 0.2) is 0 Å². The van der Waals surface area contributed by atoms with Crippen LogP contribution >= 0.6 is 0 Å². The van der Waals surface area contributed by atoms with Crippen molar-refractivity contribution in [1.82, 2.24) is 4.90 Å². The minimum absolute atomic E-state index is 0.0243. The van der Waals surface area contributed by atoms with Gasteiger partial charge in [0.05, 0.1) is 0 Å². The average molecular weight is 205 g/mol. The lowest BCUT2D eigenvalue weighted by Crippen LogP contribution is -2.35. The number of hydrogen-bond donors (Lipinski definition) is 0. The van der Waals surface area contributed by atoms with Crippen molar-refractivity contribution in [1.29, 1.82) is 0 Å². The van der Waals surface area contributed by atoms with Crippen molar-refractivity contribution in [2.45, 2.75) is 57.9 Å². The molecule has 0 aliphatic carbocycles. The first-order valence-electron chi connectivity index (χ1n) is 5.71. The highest BCUT2D eigenvalue weighted by molar-refractivity contribution is 4.83. The fraction of sp³-hybridized carbons (Fsp3) is 1.00. The van der Waals surface area contributed by atoms with Gasteiger partial charge in [-0.05, 0) is 32.4 Å². The first kappa shape index (κ1) is 11.9. The molecule has 1 heterocycles. The van der Waals surface area contributed by atoms with Crippen LogP contribution in [0.5, 0.6) is 0 Å². The smallest absolute Gasteiger partial charge is 0.249 e. The lowest BCUT2D eigenvalue weighted by atomic mass is 10.0. The van der Waals surface area contributed by atoms with Gasteiger partial charge in [-0.15, -0.1) is 0 Å². The summed E-state index contributed by atoms with van der Waals surface area (Å²) in [6.07, 6.45) is 3.14. The lowest BCUT2D eigenvalue weighted by molar-refractivity contribution is -0.0309. The molecule has 84 valence electrons. The monoisotopic (exact) mass is 205 g/mol. The maximum absolute atomic E-state index is 13.2. The zero-order chi connectivity index (χ0) is 10.6. The summed E-state index contributed by atoms with van der Waals surface area (Å²) in [4.78, 5) is 2.23. The Morgan fingerprint density at radius 1 is 1.36 bits per heavy atom. The molecule has 0 aromatic carbocycles. The molecule has 1 nitrogen and oxygen atoms in total. The summed E-state index contributed by atoms with van der Waals surface area (Å²) in [7, 11) is 0. The van der Waals surface area contributed by atoms with Crippen molar-refractivity contribution in [2.75, 3.05) is 13.1 Å². The van der Waals surface area contributed by atoms with Crippen LogP contribution in [0.25, 0.3) is 0 Å². The lowest BCUT2D eigenvalue weighted by Gasteiger charge is -2.27. The molecule has 14 heavy (non-hydrogen) atoms. The molecule has 1 unspecified atom stereocenters. The van der Waals surface area contributed by atoms with Crippen LogP contribution in [-0.2, 0) is 0 Å². The highest BCUT2D eigenvalue weighted by Gasteiger charge is 2.34. The van der Waals surface area contributed by atoms with Crippen molar-refractivity contribution in [3.8, 4) is 0 Å². The molecule has 0 N–H and O–H groups in total. The van der Waals surface area contributed by atoms with Gasteiger partial charge < -0.3 is 4.90 Å². The molecule has 1 saturated heterocycles. The molecule has 0 saturated carbocycles. The number of halogens is 2. The van der Waals surface area contributed by atoms with Gasteiger partial charge in [-0.25, -0.2) is 8.78 Å². The van der Waals surface area contributed by atoms with Gasteiger partial charge in [0.25, 0.3) is 0 Å². The third-order valence-corrected chi connectivity index (χ3v) is 3.06. The summed E-state index contributed by atoms with van der Waals surface area (Å²) >= 11 is 0. The molecule has 0 spiro atoms. The predicted molar refractivity (Wildman–Crippen MR) is 54.7 cm³/mol. The van der Waals surface area contributed by atoms with E-state index in [9.17, 15) is 8.78 Å². The van der Waals surface area contributed by atoms with Crippen molar-refractivity contribution >= 4 is 0 Å². The molecule has 0 bridgehead atoms. The van der Waals surface area contributed by atoms with Crippen molar-refractivity contribution in [2.24, 2.45) is 0 Å². The first-order valence-corrected chi connectivity index (χ1v) is 5.71. The quantitative estimate of drug-likeness (QED) is 0.665. The van der Waals surface area contributed by atoms with Crippen LogP contribution in [-0.4, -0.2) is 30.0 Å². The summed E-state index contributed by atoms with van der Waals surface area (Å²) < 4.78 is 26.4. The topological polar surface area (TPSA) is 3.24 Å². The molecule has 3 heteroatoms. The molecule has 1 aliphatic heterocycles. The summed E-state index contributed by atoms with van der Waals surface area (Å²) in [5.74, 6) is -2.46. The molecule has 0 radical (unpaired) electrons. The van der Waals surface area contributed by atoms with Gasteiger partial charge in [-0.1, -0.05) is 13.8 Å². The van der Waals surface area contributed by atoms with Gasteiger partial charge in [-0.2, -0.15) is 0 Å². The molecule has 0 amide bonds. The maximum atomic E-state index is 13.2. The van der Waals surface area contributed by atoms with Crippen molar-refractivity contribution in [3.63, 3.8) is 0 Å². The van der Waals surface area contributed by atoms with Gasteiger partial charge in [0.1, 0.15) is 0 Å². The number of likely N-dealkylation sites (tertiary alicyclic amines) is 1. The number of alkyl halides is 2. The van der Waals surface area contributed by atoms with Crippen LogP contribution in [0, 0.1) is 0 Å². The summed E-state index contributed by atoms with van der Waals surface area (Å²) in [5.41, 5.74) is 0. The Morgan fingerprint density at radius 2 is 2.07 bits per heavy atom. The number of rotatable bonds is 5. The van der Waals surface area contributed by atoms with Gasteiger partial charge in [0.2, 0.25) is 5.92 Å². The van der Waals surface area contributed by atoms with E-state index in [1.54, 1.807) is 6.92 Å². The second kappa shape index (κ2) is 5.06. The molecule has 1 fully saturated rings. The number of nitrogens with zero attached hydrogens (tertiary/aromatic N) is 1. The van der Waals surface area contributed by atoms with E-state index in [4.69, 9.17) is 0 Å². The second-order valence-electron chi connectivity index (χ2n) is 4.25. The van der Waals surface area contributed by atoms with E-state index in [0.717, 1.165) is 32.4 Å². The molecular weight excluding hydrogens is 184 g/mol. The highest BCUT2D eigenvalue weighted by Crippen LogP contribution is 2.30. The van der Waals surface area contributed by atoms with Gasteiger partial charge in [-0.3, -0.25) is 0 Å². The predicted octanol–water partition coefficient (Wildman–Crippen LogP) is 3.30. The van der Waals surface area contributed by atoms with E-state index < -0.39 is 5.92 Å². The standard InChI is InChI=1S/C11H21F2N/c1-3-7-14-8-5-6-10(14)9-11(12,13)4-2/h10H,3-9H2,1-2H3. The Morgan fingerprint density at radius 3 is 2.64 bits per heavy atom. The Hall–Kier alpha value is -0.180. The summed E-state index contributed by atoms with van der Waals surface area (Å²) in [5, 5.41) is 0. The second-order valence-corrected chi connectivity index (χ2v) is 4.25. The zero-order valence-corrected chi connectivity index (χ0v) is 9.23. The Labute approximate surface area is 85.5 Å². The maximum Gasteiger partial charge on any atom is 0.249 e. The Bertz CT molecular complexity index is 171. The van der Waals surface area contributed by atoms with Gasteiger partial charge in [0, 0.05) is 18.9 Å². The zero-order valence-electron chi connectivity index (χ0n) is 9.23. The Kier molecular flexibility index (Phi) is 4.30. The fourth-order valence-electron chi connectivity index (χ4n) is 2.20. The Balaban J connectivity index is 2.42. The molecule has 0 aromatic heterocycles. The molecule has 1 rings (SSSR count). The van der Waals surface area contributed by atoms with Crippen molar-refractivity contribution in [3.05, 3.63) is 0 Å². The van der Waals surface area contributed by atoms with E-state index in [2.05, 4.69) is 11.8 Å². The minimum Gasteiger partial charge on any atom is -0.300 e. The van der Waals surface area contributed by atoms with E-state index in [1.807, 2.05) is 0 Å². The fourth-order valence-corrected chi connectivity index (χ4v) is 2.20. The molecule has 0 aromatic rings. The van der Waals surface area contributed by atoms with Crippen LogP contribution < -0.4 is 0 Å². The van der Waals surface area contributed by atoms with Gasteiger partial charge in [0.15, 0.2) is 0 Å². The van der Waals surface area contributed by atoms with E-state index in [-0.39, 0.29) is 18.9 Å². The van der Waals surface area contributed by atoms with E-state index in [0.29, 0.717) is 0 Å². The third kappa shape index (κ3) is 3.19. The molecule has 1 atom stereocenters. The number of hydrogen-bond acceptors (Lipinski definition) is 1. The van der Waals surface area contributed by atoms with E-state index in [1.165, 1.54) is 0 Å². The SMILES string of the molecule is CCCN1CCCC1CC(F)(F)CC. The van der Waals surface area contributed by atoms with Crippen molar-refractivity contribution < 1.29 is 8.78 Å². The van der Waals surface area contributed by atoms with Gasteiger partial charge >= 0.3 is 0 Å².